The van der Waals surface area contributed by atoms with E-state index in [9.17, 15) is 4.79 Å². The van der Waals surface area contributed by atoms with E-state index in [0.717, 1.165) is 11.3 Å². The van der Waals surface area contributed by atoms with Crippen LogP contribution in [-0.4, -0.2) is 86.0 Å². The van der Waals surface area contributed by atoms with Crippen LogP contribution in [0.2, 0.25) is 0 Å². The number of hydrogen-bond acceptors (Lipinski definition) is 10. The molecule has 1 aromatic carbocycles. The summed E-state index contributed by atoms with van der Waals surface area (Å²) in [6.45, 7) is 0. The highest BCUT2D eigenvalue weighted by molar-refractivity contribution is 6.20. The monoisotopic (exact) mass is 576 g/mol. The maximum Gasteiger partial charge on any atom is 0.308 e. The number of halogens is 1. The quantitative estimate of drug-likeness (QED) is 0.261. The van der Waals surface area contributed by atoms with E-state index in [1.807, 2.05) is 24.3 Å². The largest absolute Gasteiger partial charge is 0.497 e. The first kappa shape index (κ1) is 26.9. The molecule has 2 unspecified atom stereocenters. The summed E-state index contributed by atoms with van der Waals surface area (Å²) < 4.78 is 56.8. The molecule has 7 fully saturated rings. The first-order chi connectivity index (χ1) is 19.4. The minimum absolute atomic E-state index is 0.161. The lowest BCUT2D eigenvalue weighted by atomic mass is 9.86. The van der Waals surface area contributed by atoms with Crippen molar-refractivity contribution < 1.29 is 47.4 Å². The van der Waals surface area contributed by atoms with E-state index in [1.54, 1.807) is 7.11 Å². The molecule has 10 nitrogen and oxygen atoms in total. The van der Waals surface area contributed by atoms with Gasteiger partial charge in [0.25, 0.3) is 0 Å². The van der Waals surface area contributed by atoms with E-state index in [2.05, 4.69) is 5.92 Å². The first-order valence-electron chi connectivity index (χ1n) is 13.9. The summed E-state index contributed by atoms with van der Waals surface area (Å²) in [5.74, 6) is 0.579. The normalized spacial score (nSPS) is 44.8. The van der Waals surface area contributed by atoms with Gasteiger partial charge in [-0.15, -0.1) is 23.9 Å². The van der Waals surface area contributed by atoms with Crippen LogP contribution in [0.5, 0.6) is 5.75 Å². The third-order valence-corrected chi connectivity index (χ3v) is 9.31. The predicted molar refractivity (Wildman–Crippen MR) is 137 cm³/mol. The second-order valence-corrected chi connectivity index (χ2v) is 11.9. The van der Waals surface area contributed by atoms with E-state index < -0.39 is 54.5 Å². The number of hydrogen-bond donors (Lipinski definition) is 0. The van der Waals surface area contributed by atoms with Crippen LogP contribution in [0, 0.1) is 12.3 Å². The molecule has 7 heterocycles. The molecule has 40 heavy (non-hydrogen) atoms. The van der Waals surface area contributed by atoms with E-state index in [0.29, 0.717) is 32.1 Å². The Morgan fingerprint density at radius 1 is 1.05 bits per heavy atom. The molecule has 216 valence electrons. The van der Waals surface area contributed by atoms with Crippen LogP contribution in [-0.2, 0) is 42.7 Å². The minimum atomic E-state index is -1.23. The Labute approximate surface area is 237 Å². The highest BCUT2D eigenvalue weighted by Crippen LogP contribution is 2.64. The second-order valence-electron chi connectivity index (χ2n) is 11.2. The molecule has 7 saturated heterocycles. The van der Waals surface area contributed by atoms with Gasteiger partial charge >= 0.3 is 5.97 Å². The highest BCUT2D eigenvalue weighted by atomic mass is 35.5. The van der Waals surface area contributed by atoms with Crippen LogP contribution >= 0.6 is 11.6 Å². The molecule has 0 N–H and O–H groups in total. The van der Waals surface area contributed by atoms with Crippen molar-refractivity contribution in [2.24, 2.45) is 0 Å². The topological polar surface area (TPSA) is 100 Å². The molecule has 0 saturated carbocycles. The molecule has 6 bridgehead atoms. The molecule has 0 radical (unpaired) electrons. The molecule has 7 aliphatic rings. The maximum absolute atomic E-state index is 12.0. The molecule has 12 atom stereocenters. The summed E-state index contributed by atoms with van der Waals surface area (Å²) in [5.41, 5.74) is 0.818. The fourth-order valence-electron chi connectivity index (χ4n) is 7.10. The summed E-state index contributed by atoms with van der Waals surface area (Å²) in [6.07, 6.45) is 3.95. The van der Waals surface area contributed by atoms with Gasteiger partial charge in [0.05, 0.1) is 32.8 Å². The second kappa shape index (κ2) is 10.1. The van der Waals surface area contributed by atoms with Gasteiger partial charge in [-0.3, -0.25) is 4.79 Å². The Morgan fingerprint density at radius 2 is 1.85 bits per heavy atom. The van der Waals surface area contributed by atoms with E-state index in [-0.39, 0.29) is 30.0 Å². The number of alkyl halides is 1. The van der Waals surface area contributed by atoms with Crippen molar-refractivity contribution in [3.63, 3.8) is 0 Å². The number of rotatable bonds is 8. The van der Waals surface area contributed by atoms with Gasteiger partial charge in [-0.25, -0.2) is 0 Å². The van der Waals surface area contributed by atoms with E-state index >= 15 is 0 Å². The molecule has 11 heteroatoms. The van der Waals surface area contributed by atoms with Gasteiger partial charge in [-0.2, -0.15) is 0 Å². The van der Waals surface area contributed by atoms with Crippen LogP contribution in [0.1, 0.15) is 50.4 Å². The third-order valence-electron chi connectivity index (χ3n) is 8.94. The van der Waals surface area contributed by atoms with Crippen molar-refractivity contribution in [2.75, 3.05) is 14.2 Å². The Kier molecular flexibility index (Phi) is 6.80. The third kappa shape index (κ3) is 4.09. The van der Waals surface area contributed by atoms with Crippen molar-refractivity contribution in [3.8, 4) is 18.1 Å². The molecule has 8 rings (SSSR count). The molecular weight excluding hydrogens is 544 g/mol. The van der Waals surface area contributed by atoms with Gasteiger partial charge in [0.2, 0.25) is 11.6 Å². The average molecular weight is 577 g/mol. The lowest BCUT2D eigenvalue weighted by molar-refractivity contribution is -0.328. The van der Waals surface area contributed by atoms with Crippen LogP contribution in [0.25, 0.3) is 0 Å². The lowest BCUT2D eigenvalue weighted by Gasteiger charge is -2.47. The maximum atomic E-state index is 12.0. The zero-order valence-electron chi connectivity index (χ0n) is 22.4. The van der Waals surface area contributed by atoms with E-state index in [4.69, 9.17) is 60.7 Å². The molecular formula is C29H33ClO10. The Balaban J connectivity index is 1.21. The summed E-state index contributed by atoms with van der Waals surface area (Å²) in [6, 6.07) is 7.52. The molecule has 0 aromatic heterocycles. The standard InChI is InChI=1S/C29H33ClO10/c1-4-5-16(30)12-13-28-27-29(40-26(36-27)15-6-8-17(32-2)9-7-15)25(39-28)24-23(38-29)22(37-28)21-19(35-24)11-10-18(34-21)14-20(31)33-3/h1,6-9,16,18-19,21-27H,5,10-14H2,2-3H3/t16-,18+,19-,21-,22-,23-,24?,25-,26-,27-,28+,29?/m0/s1. The number of benzene rings is 1. The SMILES string of the molecule is C#CC[C@H](Cl)CC[C@]12O[C@H]3[C@H]4O[C@@H](CC(=O)OC)CC[C@@H]4OC4[C@H]3OC3(O[C@@H](c5ccc(OC)cc5)O[C@H]31)[C@H]4O2. The Hall–Kier alpha value is -1.94. The van der Waals surface area contributed by atoms with Gasteiger partial charge < -0.3 is 42.6 Å². The average Bonchev–Trinajstić information content (AvgIpc) is 3.51. The van der Waals surface area contributed by atoms with Gasteiger partial charge in [0.15, 0.2) is 12.4 Å². The van der Waals surface area contributed by atoms with Crippen LogP contribution in [0.4, 0.5) is 0 Å². The summed E-state index contributed by atoms with van der Waals surface area (Å²) in [5, 5.41) is -0.265. The molecule has 7 aliphatic heterocycles. The first-order valence-corrected chi connectivity index (χ1v) is 14.3. The summed E-state index contributed by atoms with van der Waals surface area (Å²) >= 11 is 6.56. The summed E-state index contributed by atoms with van der Waals surface area (Å²) in [4.78, 5) is 12.0. The number of fused-ring (bicyclic) bond motifs is 1. The van der Waals surface area contributed by atoms with Crippen molar-refractivity contribution in [2.45, 2.75) is 111 Å². The van der Waals surface area contributed by atoms with Crippen molar-refractivity contribution in [1.82, 2.24) is 0 Å². The van der Waals surface area contributed by atoms with Crippen LogP contribution in [0.3, 0.4) is 0 Å². The number of methoxy groups -OCH3 is 2. The number of esters is 1. The number of carbonyl (C=O) groups excluding carboxylic acids is 1. The lowest BCUT2D eigenvalue weighted by Crippen LogP contribution is -2.62. The highest BCUT2D eigenvalue weighted by Gasteiger charge is 2.83. The fourth-order valence-corrected chi connectivity index (χ4v) is 7.30. The predicted octanol–water partition coefficient (Wildman–Crippen LogP) is 2.99. The van der Waals surface area contributed by atoms with Gasteiger partial charge in [-0.1, -0.05) is 12.1 Å². The number of terminal acetylenes is 1. The zero-order valence-corrected chi connectivity index (χ0v) is 23.1. The van der Waals surface area contributed by atoms with Crippen LogP contribution < -0.4 is 4.74 Å². The minimum Gasteiger partial charge on any atom is -0.497 e. The van der Waals surface area contributed by atoms with E-state index in [1.165, 1.54) is 7.11 Å². The smallest absolute Gasteiger partial charge is 0.308 e. The van der Waals surface area contributed by atoms with Crippen molar-refractivity contribution >= 4 is 17.6 Å². The molecule has 1 spiro atoms. The van der Waals surface area contributed by atoms with Gasteiger partial charge in [-0.05, 0) is 31.4 Å². The summed E-state index contributed by atoms with van der Waals surface area (Å²) in [7, 11) is 2.99. The fraction of sp³-hybridized carbons (Fsp3) is 0.690. The number of carbonyl (C=O) groups is 1. The molecule has 0 aliphatic carbocycles. The van der Waals surface area contributed by atoms with Gasteiger partial charge in [0, 0.05) is 23.8 Å². The zero-order chi connectivity index (χ0) is 27.6. The van der Waals surface area contributed by atoms with Gasteiger partial charge in [0.1, 0.15) is 36.3 Å². The molecule has 1 aromatic rings. The number of ether oxygens (including phenoxy) is 9. The van der Waals surface area contributed by atoms with Crippen LogP contribution in [0.15, 0.2) is 24.3 Å². The molecule has 0 amide bonds. The van der Waals surface area contributed by atoms with Crippen molar-refractivity contribution in [1.29, 1.82) is 0 Å². The Morgan fingerprint density at radius 3 is 2.60 bits per heavy atom. The van der Waals surface area contributed by atoms with Crippen molar-refractivity contribution in [3.05, 3.63) is 29.8 Å². The Bertz CT molecular complexity index is 1170.